The van der Waals surface area contributed by atoms with Crippen molar-refractivity contribution in [3.8, 4) is 0 Å². The van der Waals surface area contributed by atoms with Crippen molar-refractivity contribution in [2.45, 2.75) is 30.4 Å². The van der Waals surface area contributed by atoms with Crippen LogP contribution in [0.1, 0.15) is 24.9 Å². The minimum absolute atomic E-state index is 0.759. The zero-order chi connectivity index (χ0) is 15.2. The molecule has 112 valence electrons. The van der Waals surface area contributed by atoms with E-state index in [1.807, 2.05) is 19.2 Å². The summed E-state index contributed by atoms with van der Waals surface area (Å²) in [5, 5.41) is 3.13. The van der Waals surface area contributed by atoms with Crippen LogP contribution in [-0.2, 0) is 12.2 Å². The van der Waals surface area contributed by atoms with E-state index in [9.17, 15) is 0 Å². The van der Waals surface area contributed by atoms with E-state index in [2.05, 4.69) is 66.2 Å². The van der Waals surface area contributed by atoms with Crippen LogP contribution in [-0.4, -0.2) is 17.0 Å². The number of nitrogens with zero attached hydrogens (tertiary/aromatic N) is 2. The van der Waals surface area contributed by atoms with Gasteiger partial charge in [0, 0.05) is 16.4 Å². The van der Waals surface area contributed by atoms with Crippen LogP contribution >= 0.6 is 43.6 Å². The third kappa shape index (κ3) is 4.69. The molecule has 0 atom stereocenters. The molecule has 2 rings (SSSR count). The van der Waals surface area contributed by atoms with Crippen molar-refractivity contribution >= 4 is 49.4 Å². The lowest BCUT2D eigenvalue weighted by Gasteiger charge is -2.10. The highest BCUT2D eigenvalue weighted by molar-refractivity contribution is 9.11. The molecule has 0 saturated carbocycles. The summed E-state index contributed by atoms with van der Waals surface area (Å²) in [7, 11) is 1.88. The lowest BCUT2D eigenvalue weighted by Crippen LogP contribution is -2.05. The fraction of sp³-hybridized carbons (Fsp3) is 0.333. The molecular formula is C15H17Br2N3S. The van der Waals surface area contributed by atoms with E-state index in [4.69, 9.17) is 0 Å². The molecule has 0 bridgehead atoms. The summed E-state index contributed by atoms with van der Waals surface area (Å²) in [5.74, 6) is 2.48. The maximum Gasteiger partial charge on any atom is 0.144 e. The molecule has 0 fully saturated rings. The lowest BCUT2D eigenvalue weighted by molar-refractivity contribution is 0.847. The van der Waals surface area contributed by atoms with E-state index in [1.54, 1.807) is 11.8 Å². The summed E-state index contributed by atoms with van der Waals surface area (Å²) in [6, 6.07) is 8.27. The monoisotopic (exact) mass is 429 g/mol. The standard InChI is InChI=1S/C15H17Br2N3S/c1-3-5-12-14(17)15(18-2)20-13(19-12)9-21-11-7-4-6-10(16)8-11/h4,6-8H,3,5,9H2,1-2H3,(H,18,19,20). The maximum atomic E-state index is 4.68. The van der Waals surface area contributed by atoms with Gasteiger partial charge in [-0.05, 0) is 40.5 Å². The van der Waals surface area contributed by atoms with Crippen molar-refractivity contribution in [1.82, 2.24) is 9.97 Å². The van der Waals surface area contributed by atoms with Crippen LogP contribution in [0.4, 0.5) is 5.82 Å². The number of halogens is 2. The average molecular weight is 431 g/mol. The lowest BCUT2D eigenvalue weighted by atomic mass is 10.2. The third-order valence-electron chi connectivity index (χ3n) is 2.85. The number of hydrogen-bond acceptors (Lipinski definition) is 4. The molecule has 0 amide bonds. The Bertz CT molecular complexity index is 620. The van der Waals surface area contributed by atoms with Crippen molar-refractivity contribution in [3.05, 3.63) is 44.7 Å². The van der Waals surface area contributed by atoms with E-state index < -0.39 is 0 Å². The molecule has 1 N–H and O–H groups in total. The van der Waals surface area contributed by atoms with Gasteiger partial charge in [-0.2, -0.15) is 0 Å². The van der Waals surface area contributed by atoms with Gasteiger partial charge >= 0.3 is 0 Å². The highest BCUT2D eigenvalue weighted by atomic mass is 79.9. The van der Waals surface area contributed by atoms with Gasteiger partial charge < -0.3 is 5.32 Å². The van der Waals surface area contributed by atoms with Gasteiger partial charge in [0.2, 0.25) is 0 Å². The molecule has 0 saturated heterocycles. The summed E-state index contributed by atoms with van der Waals surface area (Å²) in [6.07, 6.45) is 2.02. The molecule has 0 unspecified atom stereocenters. The molecule has 0 aliphatic carbocycles. The van der Waals surface area contributed by atoms with Crippen LogP contribution in [0.5, 0.6) is 0 Å². The van der Waals surface area contributed by atoms with E-state index >= 15 is 0 Å². The molecule has 6 heteroatoms. The highest BCUT2D eigenvalue weighted by Gasteiger charge is 2.11. The summed E-state index contributed by atoms with van der Waals surface area (Å²) in [5.41, 5.74) is 1.07. The Hall–Kier alpha value is -0.590. The molecule has 2 aromatic rings. The van der Waals surface area contributed by atoms with Crippen molar-refractivity contribution in [2.24, 2.45) is 0 Å². The first kappa shape index (κ1) is 16.8. The first-order valence-corrected chi connectivity index (χ1v) is 9.32. The Kier molecular flexibility index (Phi) is 6.51. The van der Waals surface area contributed by atoms with Crippen LogP contribution in [0.25, 0.3) is 0 Å². The first-order chi connectivity index (χ1) is 10.1. The molecular weight excluding hydrogens is 414 g/mol. The molecule has 0 spiro atoms. The Morgan fingerprint density at radius 3 is 2.71 bits per heavy atom. The van der Waals surface area contributed by atoms with Gasteiger partial charge in [0.05, 0.1) is 15.9 Å². The maximum absolute atomic E-state index is 4.68. The Balaban J connectivity index is 2.17. The predicted octanol–water partition coefficient (Wildman–Crippen LogP) is 5.29. The fourth-order valence-electron chi connectivity index (χ4n) is 1.88. The largest absolute Gasteiger partial charge is 0.372 e. The molecule has 21 heavy (non-hydrogen) atoms. The zero-order valence-electron chi connectivity index (χ0n) is 12.0. The number of hydrogen-bond donors (Lipinski definition) is 1. The molecule has 1 aromatic heterocycles. The van der Waals surface area contributed by atoms with Crippen molar-refractivity contribution in [1.29, 1.82) is 0 Å². The average Bonchev–Trinajstić information content (AvgIpc) is 2.48. The van der Waals surface area contributed by atoms with Crippen LogP contribution < -0.4 is 5.32 Å². The molecule has 1 aromatic carbocycles. The number of nitrogens with one attached hydrogen (secondary N) is 1. The normalized spacial score (nSPS) is 10.7. The smallest absolute Gasteiger partial charge is 0.144 e. The Morgan fingerprint density at radius 1 is 1.24 bits per heavy atom. The van der Waals surface area contributed by atoms with Gasteiger partial charge in [0.15, 0.2) is 0 Å². The molecule has 3 nitrogen and oxygen atoms in total. The summed E-state index contributed by atoms with van der Waals surface area (Å²) in [4.78, 5) is 10.5. The fourth-order valence-corrected chi connectivity index (χ4v) is 3.82. The number of thioether (sulfide) groups is 1. The van der Waals surface area contributed by atoms with Gasteiger partial charge in [-0.25, -0.2) is 9.97 Å². The van der Waals surface area contributed by atoms with Crippen molar-refractivity contribution < 1.29 is 0 Å². The second-order valence-corrected chi connectivity index (χ2v) is 7.25. The quantitative estimate of drug-likeness (QED) is 0.632. The minimum Gasteiger partial charge on any atom is -0.372 e. The SMILES string of the molecule is CCCc1nc(CSc2cccc(Br)c2)nc(NC)c1Br. The molecule has 1 heterocycles. The number of benzene rings is 1. The Morgan fingerprint density at radius 2 is 2.05 bits per heavy atom. The van der Waals surface area contributed by atoms with Crippen molar-refractivity contribution in [2.75, 3.05) is 12.4 Å². The molecule has 0 aliphatic rings. The van der Waals surface area contributed by atoms with Gasteiger partial charge in [0.1, 0.15) is 11.6 Å². The number of aromatic nitrogens is 2. The summed E-state index contributed by atoms with van der Waals surface area (Å²) >= 11 is 8.82. The van der Waals surface area contributed by atoms with Crippen LogP contribution in [0.3, 0.4) is 0 Å². The number of aryl methyl sites for hydroxylation is 1. The van der Waals surface area contributed by atoms with Gasteiger partial charge in [-0.15, -0.1) is 11.8 Å². The first-order valence-electron chi connectivity index (χ1n) is 6.75. The number of anilines is 1. The second kappa shape index (κ2) is 8.15. The highest BCUT2D eigenvalue weighted by Crippen LogP contribution is 2.28. The van der Waals surface area contributed by atoms with E-state index in [0.717, 1.165) is 44.9 Å². The summed E-state index contributed by atoms with van der Waals surface area (Å²) in [6.45, 7) is 2.16. The molecule has 0 radical (unpaired) electrons. The summed E-state index contributed by atoms with van der Waals surface area (Å²) < 4.78 is 2.06. The van der Waals surface area contributed by atoms with Gasteiger partial charge in [-0.1, -0.05) is 35.3 Å². The number of rotatable bonds is 6. The van der Waals surface area contributed by atoms with Gasteiger partial charge in [0.25, 0.3) is 0 Å². The zero-order valence-corrected chi connectivity index (χ0v) is 16.0. The Labute approximate surface area is 146 Å². The van der Waals surface area contributed by atoms with Crippen LogP contribution in [0.2, 0.25) is 0 Å². The third-order valence-corrected chi connectivity index (χ3v) is 5.17. The van der Waals surface area contributed by atoms with Crippen molar-refractivity contribution in [3.63, 3.8) is 0 Å². The van der Waals surface area contributed by atoms with E-state index in [1.165, 1.54) is 4.90 Å². The topological polar surface area (TPSA) is 37.8 Å². The molecule has 0 aliphatic heterocycles. The second-order valence-electron chi connectivity index (χ2n) is 4.50. The van der Waals surface area contributed by atoms with Gasteiger partial charge in [-0.3, -0.25) is 0 Å². The van der Waals surface area contributed by atoms with E-state index in [0.29, 0.717) is 0 Å². The minimum atomic E-state index is 0.759. The van der Waals surface area contributed by atoms with Crippen LogP contribution in [0, 0.1) is 0 Å². The van der Waals surface area contributed by atoms with Crippen LogP contribution in [0.15, 0.2) is 38.1 Å². The van der Waals surface area contributed by atoms with E-state index in [-0.39, 0.29) is 0 Å². The predicted molar refractivity (Wildman–Crippen MR) is 97.0 cm³/mol.